The molecule has 6 rings (SSSR count). The van der Waals surface area contributed by atoms with Crippen LogP contribution in [0.25, 0.3) is 0 Å². The van der Waals surface area contributed by atoms with Crippen molar-refractivity contribution in [2.75, 3.05) is 52.9 Å². The van der Waals surface area contributed by atoms with Gasteiger partial charge in [0.25, 0.3) is 0 Å². The Balaban J connectivity index is 1.52. The monoisotopic (exact) mass is 496 g/mol. The lowest BCUT2D eigenvalue weighted by molar-refractivity contribution is 0.0674. The maximum atomic E-state index is 12.3. The molecular weight excluding hydrogens is 464 g/mol. The Kier molecular flexibility index (Phi) is 11.6. The van der Waals surface area contributed by atoms with E-state index >= 15 is 0 Å². The Morgan fingerprint density at radius 1 is 0.361 bits per heavy atom. The highest BCUT2D eigenvalue weighted by Crippen LogP contribution is 2.09. The van der Waals surface area contributed by atoms with E-state index in [1.807, 2.05) is 0 Å². The molecule has 0 radical (unpaired) electrons. The van der Waals surface area contributed by atoms with E-state index in [1.165, 1.54) is 0 Å². The lowest BCUT2D eigenvalue weighted by atomic mass is 10.1. The van der Waals surface area contributed by atoms with E-state index < -0.39 is 0 Å². The summed E-state index contributed by atoms with van der Waals surface area (Å²) in [4.78, 5) is 49.1. The number of carbonyl (C=O) groups is 4. The van der Waals surface area contributed by atoms with E-state index in [-0.39, 0.29) is 49.6 Å². The highest BCUT2D eigenvalue weighted by Gasteiger charge is 2.12. The van der Waals surface area contributed by atoms with Gasteiger partial charge in [0, 0.05) is 48.7 Å². The lowest BCUT2D eigenvalue weighted by Gasteiger charge is -2.08. The van der Waals surface area contributed by atoms with Crippen molar-refractivity contribution in [2.24, 2.45) is 0 Å². The van der Waals surface area contributed by atoms with E-state index in [4.69, 9.17) is 18.9 Å². The molecule has 0 aliphatic carbocycles. The van der Waals surface area contributed by atoms with Gasteiger partial charge in [0.05, 0.1) is 0 Å². The maximum Gasteiger partial charge on any atom is 0.188 e. The molecule has 4 bridgehead atoms. The van der Waals surface area contributed by atoms with Crippen molar-refractivity contribution in [3.8, 4) is 0 Å². The number of Topliss-reactive ketones (excluding diaryl/α,β-unsaturated/α-hetero) is 4. The first-order chi connectivity index (χ1) is 17.5. The fourth-order valence-corrected chi connectivity index (χ4v) is 3.49. The molecule has 2 aromatic rings. The lowest BCUT2D eigenvalue weighted by Crippen LogP contribution is -2.14. The normalized spacial score (nSPS) is 18.7. The largest absolute Gasteiger partial charge is 0.373 e. The fraction of sp³-hybridized carbons (Fsp3) is 0.429. The number of benzene rings is 2. The number of ketones is 4. The number of rotatable bonds is 0. The van der Waals surface area contributed by atoms with Crippen molar-refractivity contribution in [3.63, 3.8) is 0 Å². The van der Waals surface area contributed by atoms with Gasteiger partial charge < -0.3 is 18.9 Å². The molecule has 0 aromatic heterocycles. The first kappa shape index (κ1) is 27.5. The van der Waals surface area contributed by atoms with E-state index in [0.29, 0.717) is 74.4 Å². The zero-order chi connectivity index (χ0) is 25.6. The number of hydrogen-bond acceptors (Lipinski definition) is 8. The van der Waals surface area contributed by atoms with E-state index in [2.05, 4.69) is 0 Å². The third-order valence-electron chi connectivity index (χ3n) is 5.65. The van der Waals surface area contributed by atoms with Crippen molar-refractivity contribution < 1.29 is 38.1 Å². The predicted octanol–water partition coefficient (Wildman–Crippen LogP) is 3.76. The standard InChI is InChI=1S/C28H32O8/c29-25-17-33-13-1-2-14-34-18-26(30)22-9-11-24(12-10-22)28(32)20-36-16-4-3-15-35-19-27(31)23-7-5-21(25)6-8-23/h5-12H,1-4,13-20H2. The molecule has 0 fully saturated rings. The van der Waals surface area contributed by atoms with E-state index in [0.717, 1.165) is 0 Å². The quantitative estimate of drug-likeness (QED) is 0.543. The molecule has 8 nitrogen and oxygen atoms in total. The Bertz CT molecular complexity index is 845. The highest BCUT2D eigenvalue weighted by molar-refractivity contribution is 6.01. The van der Waals surface area contributed by atoms with Crippen LogP contribution in [0.2, 0.25) is 0 Å². The van der Waals surface area contributed by atoms with Crippen molar-refractivity contribution in [2.45, 2.75) is 25.7 Å². The molecule has 2 aromatic carbocycles. The minimum absolute atomic E-state index is 0.0437. The van der Waals surface area contributed by atoms with Gasteiger partial charge in [0.2, 0.25) is 0 Å². The molecule has 4 heterocycles. The number of hydrogen-bond donors (Lipinski definition) is 0. The summed E-state index contributed by atoms with van der Waals surface area (Å²) in [5, 5.41) is 0. The van der Waals surface area contributed by atoms with Gasteiger partial charge in [-0.15, -0.1) is 0 Å². The molecule has 8 heteroatoms. The summed E-state index contributed by atoms with van der Waals surface area (Å²) in [5.74, 6) is -0.629. The average Bonchev–Trinajstić information content (AvgIpc) is 2.90. The van der Waals surface area contributed by atoms with Gasteiger partial charge >= 0.3 is 0 Å². The van der Waals surface area contributed by atoms with Crippen LogP contribution in [0.5, 0.6) is 0 Å². The number of ether oxygens (including phenoxy) is 4. The predicted molar refractivity (Wildman–Crippen MR) is 132 cm³/mol. The zero-order valence-electron chi connectivity index (χ0n) is 20.4. The molecule has 0 amide bonds. The summed E-state index contributed by atoms with van der Waals surface area (Å²) in [6, 6.07) is 12.9. The second-order valence-corrected chi connectivity index (χ2v) is 8.47. The van der Waals surface area contributed by atoms with Crippen molar-refractivity contribution in [1.82, 2.24) is 0 Å². The zero-order valence-corrected chi connectivity index (χ0v) is 20.4. The van der Waals surface area contributed by atoms with Crippen LogP contribution < -0.4 is 0 Å². The highest BCUT2D eigenvalue weighted by atomic mass is 16.5. The van der Waals surface area contributed by atoms with Crippen LogP contribution >= 0.6 is 0 Å². The molecular formula is C28H32O8. The summed E-state index contributed by atoms with van der Waals surface area (Å²) in [6.45, 7) is 1.42. The summed E-state index contributed by atoms with van der Waals surface area (Å²) in [6.07, 6.45) is 2.75. The Morgan fingerprint density at radius 2 is 0.556 bits per heavy atom. The van der Waals surface area contributed by atoms with Crippen LogP contribution in [0.4, 0.5) is 0 Å². The van der Waals surface area contributed by atoms with Crippen LogP contribution in [0.1, 0.15) is 67.1 Å². The van der Waals surface area contributed by atoms with Crippen LogP contribution in [0, 0.1) is 0 Å². The second kappa shape index (κ2) is 15.2. The van der Waals surface area contributed by atoms with Crippen LogP contribution in [-0.4, -0.2) is 76.0 Å². The van der Waals surface area contributed by atoms with Gasteiger partial charge in [-0.25, -0.2) is 0 Å². The third-order valence-corrected chi connectivity index (χ3v) is 5.65. The van der Waals surface area contributed by atoms with Gasteiger partial charge in [-0.1, -0.05) is 48.5 Å². The molecule has 0 N–H and O–H groups in total. The summed E-state index contributed by atoms with van der Waals surface area (Å²) in [7, 11) is 0. The van der Waals surface area contributed by atoms with Crippen LogP contribution in [0.15, 0.2) is 48.5 Å². The molecule has 0 atom stereocenters. The summed E-state index contributed by atoms with van der Waals surface area (Å²) < 4.78 is 21.8. The summed E-state index contributed by atoms with van der Waals surface area (Å²) in [5.41, 5.74) is 1.92. The molecule has 4 aliphatic rings. The molecule has 192 valence electrons. The third kappa shape index (κ3) is 9.20. The second-order valence-electron chi connectivity index (χ2n) is 8.47. The van der Waals surface area contributed by atoms with E-state index in [9.17, 15) is 19.2 Å². The molecule has 0 unspecified atom stereocenters. The Morgan fingerprint density at radius 3 is 0.750 bits per heavy atom. The molecule has 36 heavy (non-hydrogen) atoms. The fourth-order valence-electron chi connectivity index (χ4n) is 3.49. The van der Waals surface area contributed by atoms with Crippen molar-refractivity contribution in [3.05, 3.63) is 70.8 Å². The molecule has 0 saturated carbocycles. The SMILES string of the molecule is O=C1COCCCCOCC(=O)c2ccc(cc2)C(=O)COCCCCOCC(=O)c2ccc1cc2. The first-order valence-electron chi connectivity index (χ1n) is 12.2. The Hall–Kier alpha value is -3.04. The van der Waals surface area contributed by atoms with Gasteiger partial charge in [0.1, 0.15) is 26.4 Å². The number of carbonyl (C=O) groups excluding carboxylic acids is 4. The molecule has 0 spiro atoms. The molecule has 0 saturated heterocycles. The van der Waals surface area contributed by atoms with Crippen LogP contribution in [0.3, 0.4) is 0 Å². The van der Waals surface area contributed by atoms with Crippen LogP contribution in [-0.2, 0) is 18.9 Å². The first-order valence-corrected chi connectivity index (χ1v) is 12.2. The maximum absolute atomic E-state index is 12.3. The minimum atomic E-state index is -0.157. The topological polar surface area (TPSA) is 105 Å². The van der Waals surface area contributed by atoms with Crippen molar-refractivity contribution in [1.29, 1.82) is 0 Å². The van der Waals surface area contributed by atoms with Gasteiger partial charge in [-0.3, -0.25) is 19.2 Å². The molecule has 4 aliphatic heterocycles. The minimum Gasteiger partial charge on any atom is -0.373 e. The van der Waals surface area contributed by atoms with E-state index in [1.54, 1.807) is 48.5 Å². The smallest absolute Gasteiger partial charge is 0.188 e. The van der Waals surface area contributed by atoms with Gasteiger partial charge in [-0.05, 0) is 25.7 Å². The summed E-state index contributed by atoms with van der Waals surface area (Å²) >= 11 is 0. The average molecular weight is 497 g/mol. The van der Waals surface area contributed by atoms with Gasteiger partial charge in [-0.2, -0.15) is 0 Å². The van der Waals surface area contributed by atoms with Crippen molar-refractivity contribution >= 4 is 23.1 Å². The van der Waals surface area contributed by atoms with Gasteiger partial charge in [0.15, 0.2) is 23.1 Å². The Labute approximate surface area is 210 Å².